The number of hydrogen-bond acceptors (Lipinski definition) is 1. The average Bonchev–Trinajstić information content (AvgIpc) is 2.50. The number of anilines is 2. The molecule has 108 valence electrons. The number of fused-ring (bicyclic) bond motifs is 1. The second-order valence-electron chi connectivity index (χ2n) is 4.94. The van der Waals surface area contributed by atoms with Gasteiger partial charge in [-0.2, -0.15) is 0 Å². The van der Waals surface area contributed by atoms with Crippen molar-refractivity contribution in [2.75, 3.05) is 16.8 Å². The summed E-state index contributed by atoms with van der Waals surface area (Å²) in [4.78, 5) is 2.14. The zero-order chi connectivity index (χ0) is 14.8. The Morgan fingerprint density at radius 2 is 1.90 bits per heavy atom. The SMILES string of the molecule is S=C(Nc1ccc(Cl)c(Cl)c1)N1CCCc2ccccc21. The molecule has 2 aromatic carbocycles. The summed E-state index contributed by atoms with van der Waals surface area (Å²) in [6, 6.07) is 13.8. The van der Waals surface area contributed by atoms with E-state index in [0.717, 1.165) is 25.1 Å². The lowest BCUT2D eigenvalue weighted by Crippen LogP contribution is -2.38. The standard InChI is InChI=1S/C16H14Cl2N2S/c17-13-8-7-12(10-14(13)18)19-16(21)20-9-3-5-11-4-1-2-6-15(11)20/h1-2,4,6-8,10H,3,5,9H2,(H,19,21). The zero-order valence-electron chi connectivity index (χ0n) is 11.3. The summed E-state index contributed by atoms with van der Waals surface area (Å²) in [5, 5.41) is 4.97. The minimum absolute atomic E-state index is 0.517. The van der Waals surface area contributed by atoms with Gasteiger partial charge >= 0.3 is 0 Å². The fraction of sp³-hybridized carbons (Fsp3) is 0.188. The highest BCUT2D eigenvalue weighted by Gasteiger charge is 2.19. The van der Waals surface area contributed by atoms with Crippen LogP contribution in [-0.2, 0) is 6.42 Å². The van der Waals surface area contributed by atoms with Gasteiger partial charge < -0.3 is 10.2 Å². The molecule has 0 aliphatic carbocycles. The maximum atomic E-state index is 6.04. The first kappa shape index (κ1) is 14.6. The first-order chi connectivity index (χ1) is 10.1. The summed E-state index contributed by atoms with van der Waals surface area (Å²) >= 11 is 17.5. The number of halogens is 2. The smallest absolute Gasteiger partial charge is 0.177 e. The van der Waals surface area contributed by atoms with E-state index in [0.29, 0.717) is 15.2 Å². The highest BCUT2D eigenvalue weighted by molar-refractivity contribution is 7.80. The Kier molecular flexibility index (Phi) is 4.34. The van der Waals surface area contributed by atoms with E-state index in [2.05, 4.69) is 28.4 Å². The Labute approximate surface area is 139 Å². The van der Waals surface area contributed by atoms with Gasteiger partial charge in [-0.3, -0.25) is 0 Å². The van der Waals surface area contributed by atoms with Crippen LogP contribution in [-0.4, -0.2) is 11.7 Å². The number of nitrogens with one attached hydrogen (secondary N) is 1. The van der Waals surface area contributed by atoms with Crippen molar-refractivity contribution in [1.82, 2.24) is 0 Å². The molecule has 1 aliphatic rings. The van der Waals surface area contributed by atoms with Crippen molar-refractivity contribution in [2.24, 2.45) is 0 Å². The molecular formula is C16H14Cl2N2S. The van der Waals surface area contributed by atoms with Crippen LogP contribution in [0.3, 0.4) is 0 Å². The quantitative estimate of drug-likeness (QED) is 0.725. The highest BCUT2D eigenvalue weighted by Crippen LogP contribution is 2.29. The van der Waals surface area contributed by atoms with Gasteiger partial charge in [-0.1, -0.05) is 41.4 Å². The van der Waals surface area contributed by atoms with Gasteiger partial charge in [0.2, 0.25) is 0 Å². The third-order valence-corrected chi connectivity index (χ3v) is 4.59. The van der Waals surface area contributed by atoms with Crippen LogP contribution in [0, 0.1) is 0 Å². The van der Waals surface area contributed by atoms with Gasteiger partial charge in [0.1, 0.15) is 0 Å². The van der Waals surface area contributed by atoms with Crippen LogP contribution in [0.1, 0.15) is 12.0 Å². The van der Waals surface area contributed by atoms with Crippen molar-refractivity contribution in [3.05, 3.63) is 58.1 Å². The molecule has 0 aromatic heterocycles. The summed E-state index contributed by atoms with van der Waals surface area (Å²) in [6.45, 7) is 0.921. The van der Waals surface area contributed by atoms with E-state index in [1.54, 1.807) is 12.1 Å². The molecule has 2 nitrogen and oxygen atoms in total. The Bertz CT molecular complexity index is 688. The van der Waals surface area contributed by atoms with E-state index in [9.17, 15) is 0 Å². The summed E-state index contributed by atoms with van der Waals surface area (Å²) < 4.78 is 0. The molecule has 0 spiro atoms. The highest BCUT2D eigenvalue weighted by atomic mass is 35.5. The number of rotatable bonds is 1. The molecule has 0 fully saturated rings. The molecule has 1 aliphatic heterocycles. The van der Waals surface area contributed by atoms with E-state index in [1.165, 1.54) is 11.3 Å². The van der Waals surface area contributed by atoms with Crippen molar-refractivity contribution in [3.8, 4) is 0 Å². The number of nitrogens with zero attached hydrogens (tertiary/aromatic N) is 1. The van der Waals surface area contributed by atoms with Crippen molar-refractivity contribution in [3.63, 3.8) is 0 Å². The van der Waals surface area contributed by atoms with Crippen LogP contribution < -0.4 is 10.2 Å². The molecule has 0 atom stereocenters. The monoisotopic (exact) mass is 336 g/mol. The van der Waals surface area contributed by atoms with Gasteiger partial charge in [-0.05, 0) is 54.9 Å². The minimum atomic E-state index is 0.517. The van der Waals surface area contributed by atoms with Gasteiger partial charge in [-0.25, -0.2) is 0 Å². The molecule has 0 unspecified atom stereocenters. The lowest BCUT2D eigenvalue weighted by molar-refractivity contribution is 0.781. The first-order valence-corrected chi connectivity index (χ1v) is 7.93. The van der Waals surface area contributed by atoms with E-state index in [4.69, 9.17) is 35.4 Å². The summed E-state index contributed by atoms with van der Waals surface area (Å²) in [5.74, 6) is 0. The molecule has 0 bridgehead atoms. The maximum absolute atomic E-state index is 6.04. The third kappa shape index (κ3) is 3.15. The lowest BCUT2D eigenvalue weighted by Gasteiger charge is -2.31. The molecule has 5 heteroatoms. The van der Waals surface area contributed by atoms with Crippen LogP contribution in [0.4, 0.5) is 11.4 Å². The number of thiocarbonyl (C=S) groups is 1. The van der Waals surface area contributed by atoms with E-state index in [-0.39, 0.29) is 0 Å². The predicted molar refractivity (Wildman–Crippen MR) is 94.8 cm³/mol. The van der Waals surface area contributed by atoms with E-state index in [1.807, 2.05) is 12.1 Å². The van der Waals surface area contributed by atoms with Crippen LogP contribution >= 0.6 is 35.4 Å². The number of benzene rings is 2. The molecule has 1 N–H and O–H groups in total. The molecule has 0 saturated carbocycles. The maximum Gasteiger partial charge on any atom is 0.177 e. The predicted octanol–water partition coefficient (Wildman–Crippen LogP) is 5.14. The topological polar surface area (TPSA) is 15.3 Å². The normalized spacial score (nSPS) is 13.7. The summed E-state index contributed by atoms with van der Waals surface area (Å²) in [6.07, 6.45) is 2.20. The van der Waals surface area contributed by atoms with Gasteiger partial charge in [-0.15, -0.1) is 0 Å². The molecular weight excluding hydrogens is 323 g/mol. The molecule has 1 heterocycles. The van der Waals surface area contributed by atoms with Crippen molar-refractivity contribution in [1.29, 1.82) is 0 Å². The second kappa shape index (κ2) is 6.22. The number of aryl methyl sites for hydroxylation is 1. The molecule has 0 saturated heterocycles. The van der Waals surface area contributed by atoms with Crippen LogP contribution in [0.15, 0.2) is 42.5 Å². The zero-order valence-corrected chi connectivity index (χ0v) is 13.6. The first-order valence-electron chi connectivity index (χ1n) is 6.76. The fourth-order valence-corrected chi connectivity index (χ4v) is 3.11. The minimum Gasteiger partial charge on any atom is -0.332 e. The molecule has 3 rings (SSSR count). The Hall–Kier alpha value is -1.29. The molecule has 0 radical (unpaired) electrons. The lowest BCUT2D eigenvalue weighted by atomic mass is 10.0. The fourth-order valence-electron chi connectivity index (χ4n) is 2.51. The van der Waals surface area contributed by atoms with Crippen molar-refractivity contribution < 1.29 is 0 Å². The number of hydrogen-bond donors (Lipinski definition) is 1. The van der Waals surface area contributed by atoms with Crippen LogP contribution in [0.2, 0.25) is 10.0 Å². The number of para-hydroxylation sites is 1. The van der Waals surface area contributed by atoms with Gasteiger partial charge in [0.25, 0.3) is 0 Å². The van der Waals surface area contributed by atoms with Crippen LogP contribution in [0.25, 0.3) is 0 Å². The summed E-state index contributed by atoms with van der Waals surface area (Å²) in [5.41, 5.74) is 3.36. The second-order valence-corrected chi connectivity index (χ2v) is 6.14. The Morgan fingerprint density at radius 1 is 1.10 bits per heavy atom. The Balaban J connectivity index is 1.81. The van der Waals surface area contributed by atoms with Gasteiger partial charge in [0, 0.05) is 17.9 Å². The average molecular weight is 337 g/mol. The Morgan fingerprint density at radius 3 is 2.71 bits per heavy atom. The van der Waals surface area contributed by atoms with Gasteiger partial charge in [0.15, 0.2) is 5.11 Å². The van der Waals surface area contributed by atoms with Crippen LogP contribution in [0.5, 0.6) is 0 Å². The van der Waals surface area contributed by atoms with Crippen molar-refractivity contribution in [2.45, 2.75) is 12.8 Å². The molecule has 0 amide bonds. The van der Waals surface area contributed by atoms with E-state index >= 15 is 0 Å². The largest absolute Gasteiger partial charge is 0.332 e. The van der Waals surface area contributed by atoms with E-state index < -0.39 is 0 Å². The van der Waals surface area contributed by atoms with Gasteiger partial charge in [0.05, 0.1) is 10.0 Å². The molecule has 21 heavy (non-hydrogen) atoms. The molecule has 2 aromatic rings. The summed E-state index contributed by atoms with van der Waals surface area (Å²) in [7, 11) is 0. The third-order valence-electron chi connectivity index (χ3n) is 3.53. The van der Waals surface area contributed by atoms with Crippen molar-refractivity contribution >= 4 is 51.9 Å².